The van der Waals surface area contributed by atoms with Crippen LogP contribution < -0.4 is 0 Å². The number of Topliss-reactive ketones (excluding diaryl/α,β-unsaturated/α-hetero) is 1. The summed E-state index contributed by atoms with van der Waals surface area (Å²) in [7, 11) is -3.85. The minimum atomic E-state index is -3.85. The third-order valence-corrected chi connectivity index (χ3v) is 5.55. The molecule has 1 amide bonds. The molecule has 0 aromatic carbocycles. The van der Waals surface area contributed by atoms with Crippen LogP contribution in [0.4, 0.5) is 0 Å². The Hall–Kier alpha value is -0.990. The van der Waals surface area contributed by atoms with E-state index in [1.54, 1.807) is 20.8 Å². The first-order chi connectivity index (χ1) is 9.44. The number of carbonyl (C=O) groups is 2. The number of fused-ring (bicyclic) bond motifs is 1. The number of nitrogens with zero attached hydrogens (tertiary/aromatic N) is 2. The summed E-state index contributed by atoms with van der Waals surface area (Å²) >= 11 is 0. The van der Waals surface area contributed by atoms with Gasteiger partial charge in [0.2, 0.25) is 5.91 Å². The third kappa shape index (κ3) is 2.97. The van der Waals surface area contributed by atoms with Gasteiger partial charge in [-0.1, -0.05) is 0 Å². The molecule has 0 spiro atoms. The van der Waals surface area contributed by atoms with Gasteiger partial charge in [0.25, 0.3) is 0 Å². The van der Waals surface area contributed by atoms with Gasteiger partial charge in [0.15, 0.2) is 5.78 Å². The summed E-state index contributed by atoms with van der Waals surface area (Å²) in [5.74, 6) is -0.449. The lowest BCUT2D eigenvalue weighted by Crippen LogP contribution is -2.61. The van der Waals surface area contributed by atoms with E-state index in [0.29, 0.717) is 0 Å². The van der Waals surface area contributed by atoms with Crippen molar-refractivity contribution in [2.75, 3.05) is 13.1 Å². The molecule has 0 aromatic heterocycles. The van der Waals surface area contributed by atoms with Gasteiger partial charge < -0.3 is 4.90 Å². The van der Waals surface area contributed by atoms with Crippen molar-refractivity contribution in [3.63, 3.8) is 0 Å². The maximum absolute atomic E-state index is 12.2. The zero-order chi connectivity index (χ0) is 16.2. The summed E-state index contributed by atoms with van der Waals surface area (Å²) in [5.41, 5.74) is -0.817. The summed E-state index contributed by atoms with van der Waals surface area (Å²) < 4.78 is 30.9. The van der Waals surface area contributed by atoms with Gasteiger partial charge in [0.1, 0.15) is 0 Å². The lowest BCUT2D eigenvalue weighted by atomic mass is 9.87. The molecule has 0 saturated carbocycles. The van der Waals surface area contributed by atoms with Crippen molar-refractivity contribution >= 4 is 22.0 Å². The predicted octanol–water partition coefficient (Wildman–Crippen LogP) is 0.166. The van der Waals surface area contributed by atoms with Gasteiger partial charge in [-0.2, -0.15) is 12.7 Å². The number of rotatable bonds is 3. The van der Waals surface area contributed by atoms with Gasteiger partial charge in [-0.05, 0) is 27.7 Å². The van der Waals surface area contributed by atoms with Crippen molar-refractivity contribution in [1.82, 2.24) is 9.21 Å². The zero-order valence-corrected chi connectivity index (χ0v) is 13.8. The Kier molecular flexibility index (Phi) is 3.92. The maximum Gasteiger partial charge on any atom is 0.339 e. The van der Waals surface area contributed by atoms with Crippen LogP contribution in [0, 0.1) is 5.92 Å². The van der Waals surface area contributed by atoms with Crippen LogP contribution in [-0.2, 0) is 24.1 Å². The van der Waals surface area contributed by atoms with Crippen LogP contribution in [0.5, 0.6) is 0 Å². The lowest BCUT2D eigenvalue weighted by Gasteiger charge is -2.43. The molecule has 8 heteroatoms. The minimum absolute atomic E-state index is 0.105. The van der Waals surface area contributed by atoms with E-state index in [4.69, 9.17) is 4.18 Å². The van der Waals surface area contributed by atoms with Gasteiger partial charge in [-0.25, -0.2) is 0 Å². The van der Waals surface area contributed by atoms with Gasteiger partial charge in [0, 0.05) is 25.9 Å². The van der Waals surface area contributed by atoms with Crippen LogP contribution in [0.25, 0.3) is 0 Å². The van der Waals surface area contributed by atoms with E-state index < -0.39 is 21.9 Å². The molecular weight excluding hydrogens is 296 g/mol. The molecule has 3 atom stereocenters. The Morgan fingerprint density at radius 1 is 1.14 bits per heavy atom. The van der Waals surface area contributed by atoms with Crippen LogP contribution >= 0.6 is 0 Å². The number of likely N-dealkylation sites (tertiary alicyclic amines) is 1. The number of carbonyl (C=O) groups excluding carboxylic acids is 2. The van der Waals surface area contributed by atoms with Gasteiger partial charge in [0.05, 0.1) is 17.7 Å². The second-order valence-corrected chi connectivity index (χ2v) is 8.17. The second-order valence-electron chi connectivity index (χ2n) is 6.68. The molecule has 2 rings (SSSR count). The summed E-state index contributed by atoms with van der Waals surface area (Å²) in [6.07, 6.45) is 0. The Bertz CT molecular complexity index is 566. The average Bonchev–Trinajstić information content (AvgIpc) is 2.47. The fraction of sp³-hybridized carbons (Fsp3) is 0.846. The molecule has 7 nitrogen and oxygen atoms in total. The van der Waals surface area contributed by atoms with Gasteiger partial charge in [-0.15, -0.1) is 0 Å². The standard InChI is InChI=1S/C13H22N2O5S/c1-8(16)12-10-6-15(11(10)7-14(12)9(2)17)21(18,19)20-13(3,4)5/h10-12H,6-7H2,1-5H3/t10?,11?,12-/m1/s1. The van der Waals surface area contributed by atoms with Crippen molar-refractivity contribution < 1.29 is 22.2 Å². The van der Waals surface area contributed by atoms with E-state index in [1.807, 2.05) is 0 Å². The van der Waals surface area contributed by atoms with Crippen molar-refractivity contribution in [2.45, 2.75) is 52.3 Å². The fourth-order valence-electron chi connectivity index (χ4n) is 3.09. The van der Waals surface area contributed by atoms with E-state index >= 15 is 0 Å². The summed E-state index contributed by atoms with van der Waals surface area (Å²) in [5, 5.41) is 0. The highest BCUT2D eigenvalue weighted by atomic mass is 32.2. The number of hydrogen-bond acceptors (Lipinski definition) is 5. The Morgan fingerprint density at radius 3 is 2.14 bits per heavy atom. The maximum atomic E-state index is 12.2. The lowest BCUT2D eigenvalue weighted by molar-refractivity contribution is -0.136. The normalized spacial score (nSPS) is 30.0. The van der Waals surface area contributed by atoms with Crippen LogP contribution in [-0.4, -0.2) is 60.1 Å². The summed E-state index contributed by atoms with van der Waals surface area (Å²) in [6, 6.07) is -0.885. The third-order valence-electron chi connectivity index (χ3n) is 3.84. The number of ketones is 1. The highest BCUT2D eigenvalue weighted by molar-refractivity contribution is 7.84. The molecule has 0 N–H and O–H groups in total. The van der Waals surface area contributed by atoms with E-state index in [1.165, 1.54) is 23.1 Å². The highest BCUT2D eigenvalue weighted by Gasteiger charge is 2.58. The minimum Gasteiger partial charge on any atom is -0.331 e. The highest BCUT2D eigenvalue weighted by Crippen LogP contribution is 2.40. The fourth-order valence-corrected chi connectivity index (χ4v) is 4.73. The van der Waals surface area contributed by atoms with Crippen LogP contribution in [0.1, 0.15) is 34.6 Å². The molecule has 0 aromatic rings. The first kappa shape index (κ1) is 16.4. The predicted molar refractivity (Wildman–Crippen MR) is 75.6 cm³/mol. The molecular formula is C13H22N2O5S. The number of hydrogen-bond donors (Lipinski definition) is 0. The Balaban J connectivity index is 2.18. The molecule has 0 aliphatic carbocycles. The molecule has 2 saturated heterocycles. The van der Waals surface area contributed by atoms with Crippen molar-refractivity contribution in [2.24, 2.45) is 5.92 Å². The van der Waals surface area contributed by atoms with E-state index in [9.17, 15) is 18.0 Å². The van der Waals surface area contributed by atoms with Crippen molar-refractivity contribution in [3.8, 4) is 0 Å². The summed E-state index contributed by atoms with van der Waals surface area (Å²) in [4.78, 5) is 24.8. The molecule has 0 bridgehead atoms. The quantitative estimate of drug-likeness (QED) is 0.740. The zero-order valence-electron chi connectivity index (χ0n) is 13.0. The topological polar surface area (TPSA) is 84.0 Å². The van der Waals surface area contributed by atoms with Crippen LogP contribution in [0.15, 0.2) is 0 Å². The molecule has 2 aliphatic heterocycles. The molecule has 21 heavy (non-hydrogen) atoms. The van der Waals surface area contributed by atoms with Gasteiger partial charge >= 0.3 is 10.3 Å². The van der Waals surface area contributed by atoms with E-state index in [-0.39, 0.29) is 36.7 Å². The van der Waals surface area contributed by atoms with Gasteiger partial charge in [-0.3, -0.25) is 13.8 Å². The molecule has 0 radical (unpaired) electrons. The van der Waals surface area contributed by atoms with Crippen molar-refractivity contribution in [1.29, 1.82) is 0 Å². The second kappa shape index (κ2) is 5.03. The summed E-state index contributed by atoms with van der Waals surface area (Å²) in [6.45, 7) is 8.29. The molecule has 2 fully saturated rings. The average molecular weight is 318 g/mol. The SMILES string of the molecule is CC(=O)[C@@H]1C2CN(S(=O)(=O)OC(C)(C)C)C2CN1C(C)=O. The van der Waals surface area contributed by atoms with E-state index in [0.717, 1.165) is 0 Å². The Labute approximate surface area is 125 Å². The van der Waals surface area contributed by atoms with Crippen molar-refractivity contribution in [3.05, 3.63) is 0 Å². The van der Waals surface area contributed by atoms with E-state index in [2.05, 4.69) is 0 Å². The first-order valence-electron chi connectivity index (χ1n) is 6.94. The monoisotopic (exact) mass is 318 g/mol. The number of amides is 1. The Morgan fingerprint density at radius 2 is 1.71 bits per heavy atom. The smallest absolute Gasteiger partial charge is 0.331 e. The first-order valence-corrected chi connectivity index (χ1v) is 8.30. The largest absolute Gasteiger partial charge is 0.339 e. The molecule has 2 aliphatic rings. The molecule has 120 valence electrons. The molecule has 2 unspecified atom stereocenters. The van der Waals surface area contributed by atoms with Crippen LogP contribution in [0.3, 0.4) is 0 Å². The van der Waals surface area contributed by atoms with Crippen LogP contribution in [0.2, 0.25) is 0 Å². The molecule has 2 heterocycles.